The first-order valence-corrected chi connectivity index (χ1v) is 9.49. The molecule has 5 heteroatoms. The highest BCUT2D eigenvalue weighted by Crippen LogP contribution is 2.25. The smallest absolute Gasteiger partial charge is 0.268 e. The second kappa shape index (κ2) is 7.61. The van der Waals surface area contributed by atoms with Crippen LogP contribution in [0.3, 0.4) is 0 Å². The van der Waals surface area contributed by atoms with E-state index < -0.39 is 0 Å². The fourth-order valence-corrected chi connectivity index (χ4v) is 3.14. The highest BCUT2D eigenvalue weighted by molar-refractivity contribution is 5.97. The molecule has 0 fully saturated rings. The molecule has 1 aromatic carbocycles. The van der Waals surface area contributed by atoms with E-state index >= 15 is 0 Å². The number of fused-ring (bicyclic) bond motifs is 1. The quantitative estimate of drug-likeness (QED) is 0.702. The van der Waals surface area contributed by atoms with Gasteiger partial charge < -0.3 is 19.2 Å². The number of hydrogen-bond donors (Lipinski definition) is 2. The predicted molar refractivity (Wildman–Crippen MR) is 108 cm³/mol. The Morgan fingerprint density at radius 1 is 1.15 bits per heavy atom. The first kappa shape index (κ1) is 19.2. The number of rotatable bonds is 6. The molecule has 0 saturated carbocycles. The molecule has 0 radical (unpaired) electrons. The molecule has 144 valence electrons. The monoisotopic (exact) mass is 368 g/mol. The summed E-state index contributed by atoms with van der Waals surface area (Å²) in [5.74, 6) is -0.0611. The van der Waals surface area contributed by atoms with E-state index in [1.54, 1.807) is 6.26 Å². The van der Waals surface area contributed by atoms with Crippen LogP contribution in [0.15, 0.2) is 47.1 Å². The van der Waals surface area contributed by atoms with Gasteiger partial charge in [-0.15, -0.1) is 0 Å². The Kier molecular flexibility index (Phi) is 5.42. The second-order valence-corrected chi connectivity index (χ2v) is 8.45. The van der Waals surface area contributed by atoms with E-state index in [4.69, 9.17) is 4.42 Å². The summed E-state index contributed by atoms with van der Waals surface area (Å²) in [6, 6.07) is 12.4. The lowest BCUT2D eigenvalue weighted by atomic mass is 9.87. The number of hydrogen-bond acceptors (Lipinski definition) is 2. The third-order valence-electron chi connectivity index (χ3n) is 4.83. The number of likely N-dealkylation sites (N-methyl/N-ethyl adjacent to an activating group) is 1. The number of nitrogens with zero attached hydrogens (tertiary/aromatic N) is 1. The lowest BCUT2D eigenvalue weighted by Gasteiger charge is -2.19. The Balaban J connectivity index is 1.84. The molecule has 0 spiro atoms. The van der Waals surface area contributed by atoms with Gasteiger partial charge in [-0.2, -0.15) is 0 Å². The van der Waals surface area contributed by atoms with E-state index in [0.29, 0.717) is 18.8 Å². The summed E-state index contributed by atoms with van der Waals surface area (Å²) in [5, 5.41) is 3.01. The second-order valence-electron chi connectivity index (χ2n) is 8.45. The van der Waals surface area contributed by atoms with Crippen molar-refractivity contribution in [3.8, 4) is 0 Å². The lowest BCUT2D eigenvalue weighted by molar-refractivity contribution is -0.856. The number of amides is 1. The van der Waals surface area contributed by atoms with Gasteiger partial charge in [-0.25, -0.2) is 0 Å². The van der Waals surface area contributed by atoms with Gasteiger partial charge in [0.05, 0.1) is 39.0 Å². The van der Waals surface area contributed by atoms with Crippen LogP contribution in [0.4, 0.5) is 0 Å². The summed E-state index contributed by atoms with van der Waals surface area (Å²) in [7, 11) is 4.15. The Bertz CT molecular complexity index is 911. The third-order valence-corrected chi connectivity index (χ3v) is 4.83. The van der Waals surface area contributed by atoms with Crippen molar-refractivity contribution in [1.82, 2.24) is 9.88 Å². The van der Waals surface area contributed by atoms with Crippen molar-refractivity contribution in [1.29, 1.82) is 0 Å². The van der Waals surface area contributed by atoms with Crippen LogP contribution in [0.5, 0.6) is 0 Å². The number of carbonyl (C=O) groups excluding carboxylic acids is 1. The van der Waals surface area contributed by atoms with Crippen molar-refractivity contribution in [3.05, 3.63) is 59.5 Å². The van der Waals surface area contributed by atoms with Crippen molar-refractivity contribution in [2.24, 2.45) is 0 Å². The third kappa shape index (κ3) is 4.42. The average Bonchev–Trinajstić information content (AvgIpc) is 3.17. The Morgan fingerprint density at radius 2 is 1.85 bits per heavy atom. The zero-order valence-electron chi connectivity index (χ0n) is 16.9. The molecule has 0 aliphatic rings. The SMILES string of the molecule is C[NH+](C)CCNC(=O)c1cc2occc2n1Cc1ccc(C(C)(C)C)cc1. The van der Waals surface area contributed by atoms with Crippen LogP contribution in [-0.4, -0.2) is 37.7 Å². The molecule has 0 aliphatic heterocycles. The van der Waals surface area contributed by atoms with Crippen LogP contribution in [0.2, 0.25) is 0 Å². The van der Waals surface area contributed by atoms with Crippen LogP contribution >= 0.6 is 0 Å². The standard InChI is InChI=1S/C22H29N3O2/c1-22(2,3)17-8-6-16(7-9-17)15-25-18-10-13-27-20(18)14-19(25)21(26)23-11-12-24(4)5/h6-10,13-14H,11-12,15H2,1-5H3,(H,23,26)/p+1. The molecule has 2 N–H and O–H groups in total. The van der Waals surface area contributed by atoms with Gasteiger partial charge in [-0.3, -0.25) is 4.79 Å². The maximum atomic E-state index is 12.7. The fraction of sp³-hybridized carbons (Fsp3) is 0.409. The predicted octanol–water partition coefficient (Wildman–Crippen LogP) is 2.45. The molecule has 0 atom stereocenters. The van der Waals surface area contributed by atoms with E-state index in [2.05, 4.69) is 64.4 Å². The van der Waals surface area contributed by atoms with Crippen molar-refractivity contribution < 1.29 is 14.1 Å². The zero-order valence-corrected chi connectivity index (χ0v) is 16.9. The molecule has 27 heavy (non-hydrogen) atoms. The van der Waals surface area contributed by atoms with Crippen molar-refractivity contribution >= 4 is 17.0 Å². The minimum Gasteiger partial charge on any atom is -0.463 e. The first-order chi connectivity index (χ1) is 12.8. The van der Waals surface area contributed by atoms with E-state index in [1.165, 1.54) is 10.5 Å². The van der Waals surface area contributed by atoms with Crippen LogP contribution in [0.25, 0.3) is 11.1 Å². The Labute approximate surface area is 161 Å². The van der Waals surface area contributed by atoms with Crippen LogP contribution in [0, 0.1) is 0 Å². The highest BCUT2D eigenvalue weighted by atomic mass is 16.3. The van der Waals surface area contributed by atoms with Gasteiger partial charge in [0.1, 0.15) is 5.69 Å². The lowest BCUT2D eigenvalue weighted by Crippen LogP contribution is -3.06. The van der Waals surface area contributed by atoms with Gasteiger partial charge >= 0.3 is 0 Å². The van der Waals surface area contributed by atoms with Crippen LogP contribution < -0.4 is 10.2 Å². The van der Waals surface area contributed by atoms with E-state index in [0.717, 1.165) is 23.2 Å². The number of nitrogens with one attached hydrogen (secondary N) is 2. The molecule has 2 aromatic heterocycles. The van der Waals surface area contributed by atoms with Gasteiger partial charge in [-0.05, 0) is 16.5 Å². The minimum absolute atomic E-state index is 0.0611. The number of carbonyl (C=O) groups is 1. The molecule has 1 amide bonds. The number of benzene rings is 1. The van der Waals surface area contributed by atoms with Crippen LogP contribution in [-0.2, 0) is 12.0 Å². The number of furan rings is 1. The van der Waals surface area contributed by atoms with E-state index in [9.17, 15) is 4.79 Å². The molecule has 5 nitrogen and oxygen atoms in total. The molecule has 0 unspecified atom stereocenters. The van der Waals surface area contributed by atoms with Gasteiger partial charge in [0.2, 0.25) is 0 Å². The Hall–Kier alpha value is -2.53. The van der Waals surface area contributed by atoms with Crippen molar-refractivity contribution in [2.75, 3.05) is 27.2 Å². The summed E-state index contributed by atoms with van der Waals surface area (Å²) in [4.78, 5) is 14.0. The summed E-state index contributed by atoms with van der Waals surface area (Å²) in [5.41, 5.74) is 4.91. The van der Waals surface area contributed by atoms with E-state index in [-0.39, 0.29) is 11.3 Å². The minimum atomic E-state index is -0.0611. The number of quaternary nitrogens is 1. The van der Waals surface area contributed by atoms with Crippen LogP contribution in [0.1, 0.15) is 42.4 Å². The molecule has 0 saturated heterocycles. The molecule has 3 aromatic rings. The largest absolute Gasteiger partial charge is 0.463 e. The van der Waals surface area contributed by atoms with E-state index in [1.807, 2.05) is 16.7 Å². The summed E-state index contributed by atoms with van der Waals surface area (Å²) in [6.07, 6.45) is 1.67. The maximum absolute atomic E-state index is 12.7. The molecule has 2 heterocycles. The summed E-state index contributed by atoms with van der Waals surface area (Å²) >= 11 is 0. The van der Waals surface area contributed by atoms with Gasteiger partial charge in [0.15, 0.2) is 5.58 Å². The normalized spacial score (nSPS) is 12.1. The molecule has 0 aliphatic carbocycles. The summed E-state index contributed by atoms with van der Waals surface area (Å²) in [6.45, 7) is 8.79. The zero-order chi connectivity index (χ0) is 19.6. The number of aromatic nitrogens is 1. The van der Waals surface area contributed by atoms with Gasteiger partial charge in [-0.1, -0.05) is 45.0 Å². The Morgan fingerprint density at radius 3 is 2.48 bits per heavy atom. The summed E-state index contributed by atoms with van der Waals surface area (Å²) < 4.78 is 7.56. The van der Waals surface area contributed by atoms with Crippen molar-refractivity contribution in [3.63, 3.8) is 0 Å². The molecular weight excluding hydrogens is 338 g/mol. The highest BCUT2D eigenvalue weighted by Gasteiger charge is 2.18. The topological polar surface area (TPSA) is 51.6 Å². The molecule has 0 bridgehead atoms. The maximum Gasteiger partial charge on any atom is 0.268 e. The fourth-order valence-electron chi connectivity index (χ4n) is 3.14. The van der Waals surface area contributed by atoms with Crippen molar-refractivity contribution in [2.45, 2.75) is 32.7 Å². The first-order valence-electron chi connectivity index (χ1n) is 9.49. The van der Waals surface area contributed by atoms with Gasteiger partial charge in [0.25, 0.3) is 5.91 Å². The van der Waals surface area contributed by atoms with Gasteiger partial charge in [0, 0.05) is 18.7 Å². The average molecular weight is 369 g/mol. The molecule has 3 rings (SSSR count). The molecular formula is C22H30N3O2+.